The van der Waals surface area contributed by atoms with E-state index in [4.69, 9.17) is 0 Å². The van der Waals surface area contributed by atoms with Crippen molar-refractivity contribution in [3.8, 4) is 0 Å². The van der Waals surface area contributed by atoms with Gasteiger partial charge in [0.1, 0.15) is 0 Å². The lowest BCUT2D eigenvalue weighted by Gasteiger charge is -2.19. The van der Waals surface area contributed by atoms with Gasteiger partial charge >= 0.3 is 24.9 Å². The summed E-state index contributed by atoms with van der Waals surface area (Å²) in [6.07, 6.45) is -18.8. The fourth-order valence-corrected chi connectivity index (χ4v) is 0.363. The van der Waals surface area contributed by atoms with Crippen molar-refractivity contribution in [2.24, 2.45) is 0 Å². The lowest BCUT2D eigenvalue weighted by Crippen LogP contribution is -2.37. The molecule has 10 heteroatoms. The first-order chi connectivity index (χ1) is 6.54. The van der Waals surface area contributed by atoms with E-state index in [1.54, 1.807) is 0 Å². The van der Waals surface area contributed by atoms with E-state index in [1.807, 2.05) is 0 Å². The van der Waals surface area contributed by atoms with Crippen LogP contribution in [0.3, 0.4) is 0 Å². The second kappa shape index (κ2) is 4.64. The molecule has 0 aromatic carbocycles. The first-order valence-corrected chi connectivity index (χ1v) is 3.00. The summed E-state index contributed by atoms with van der Waals surface area (Å²) in [5.74, 6) is 0. The van der Waals surface area contributed by atoms with Crippen molar-refractivity contribution in [2.75, 3.05) is 0 Å². The molecule has 0 rings (SSSR count). The zero-order valence-corrected chi connectivity index (χ0v) is 6.49. The van der Waals surface area contributed by atoms with Crippen molar-refractivity contribution in [2.45, 2.75) is 18.8 Å². The summed E-state index contributed by atoms with van der Waals surface area (Å²) in [5.41, 5.74) is 0. The van der Waals surface area contributed by atoms with Crippen LogP contribution in [-0.2, 0) is 9.47 Å². The fraction of sp³-hybridized carbons (Fsp3) is 0.600. The Hall–Kier alpha value is -1.06. The van der Waals surface area contributed by atoms with Crippen LogP contribution in [0.15, 0.2) is 12.3 Å². The number of alkyl halides is 6. The maximum atomic E-state index is 12.1. The van der Waals surface area contributed by atoms with E-state index < -0.39 is 31.2 Å². The van der Waals surface area contributed by atoms with Crippen molar-refractivity contribution in [3.63, 3.8) is 0 Å². The minimum Gasteiger partial charge on any atom is -0.431 e. The topological polar surface area (TPSA) is 18.5 Å². The minimum absolute atomic E-state index is 0.897. The molecule has 0 amide bonds. The number of rotatable bonds is 4. The summed E-state index contributed by atoms with van der Waals surface area (Å²) in [4.78, 5) is 0. The van der Waals surface area contributed by atoms with E-state index in [2.05, 4.69) is 9.47 Å². The van der Waals surface area contributed by atoms with Crippen LogP contribution in [0.25, 0.3) is 0 Å². The molecule has 0 radical (unpaired) electrons. The molecular formula is C5H2F8O2. The summed E-state index contributed by atoms with van der Waals surface area (Å²) in [6.45, 7) is 0. The van der Waals surface area contributed by atoms with Gasteiger partial charge in [0.05, 0.1) is 0 Å². The lowest BCUT2D eigenvalue weighted by molar-refractivity contribution is -0.416. The molecule has 0 fully saturated rings. The summed E-state index contributed by atoms with van der Waals surface area (Å²) < 4.78 is 97.3. The average molecular weight is 246 g/mol. The van der Waals surface area contributed by atoms with Gasteiger partial charge in [-0.25, -0.2) is 9.13 Å². The van der Waals surface area contributed by atoms with E-state index >= 15 is 0 Å². The van der Waals surface area contributed by atoms with Crippen LogP contribution < -0.4 is 0 Å². The Morgan fingerprint density at radius 2 is 1.53 bits per heavy atom. The van der Waals surface area contributed by atoms with Crippen LogP contribution in [-0.4, -0.2) is 18.8 Å². The Bertz CT molecular complexity index is 230. The van der Waals surface area contributed by atoms with Gasteiger partial charge in [0.15, 0.2) is 6.26 Å². The molecule has 2 nitrogen and oxygen atoms in total. The third-order valence-electron chi connectivity index (χ3n) is 0.806. The van der Waals surface area contributed by atoms with Gasteiger partial charge in [-0.2, -0.15) is 17.6 Å². The predicted octanol–water partition coefficient (Wildman–Crippen LogP) is 3.17. The first-order valence-electron chi connectivity index (χ1n) is 3.00. The van der Waals surface area contributed by atoms with E-state index in [9.17, 15) is 35.1 Å². The SMILES string of the molecule is FC(F)=COC(F)(F)C(F)OC(F)(F)F. The molecule has 0 N–H and O–H groups in total. The molecule has 0 aliphatic carbocycles. The molecule has 0 aliphatic rings. The number of hydrogen-bond donors (Lipinski definition) is 0. The van der Waals surface area contributed by atoms with Crippen LogP contribution in [0, 0.1) is 0 Å². The normalized spacial score (nSPS) is 14.7. The Morgan fingerprint density at radius 3 is 1.87 bits per heavy atom. The van der Waals surface area contributed by atoms with Gasteiger partial charge < -0.3 is 4.74 Å². The molecular weight excluding hydrogens is 244 g/mol. The van der Waals surface area contributed by atoms with Crippen molar-refractivity contribution in [3.05, 3.63) is 12.3 Å². The molecule has 0 heterocycles. The van der Waals surface area contributed by atoms with E-state index in [-0.39, 0.29) is 0 Å². The third kappa shape index (κ3) is 6.10. The highest BCUT2D eigenvalue weighted by Crippen LogP contribution is 2.30. The molecule has 1 unspecified atom stereocenters. The second-order valence-corrected chi connectivity index (χ2v) is 1.97. The van der Waals surface area contributed by atoms with Gasteiger partial charge in [0, 0.05) is 0 Å². The smallest absolute Gasteiger partial charge is 0.431 e. The van der Waals surface area contributed by atoms with Crippen molar-refractivity contribution in [1.29, 1.82) is 0 Å². The van der Waals surface area contributed by atoms with Crippen molar-refractivity contribution >= 4 is 0 Å². The zero-order chi connectivity index (χ0) is 12.3. The maximum absolute atomic E-state index is 12.1. The summed E-state index contributed by atoms with van der Waals surface area (Å²) >= 11 is 0. The number of hydrogen-bond acceptors (Lipinski definition) is 2. The van der Waals surface area contributed by atoms with Gasteiger partial charge in [0.2, 0.25) is 0 Å². The Balaban J connectivity index is 4.38. The van der Waals surface area contributed by atoms with Crippen LogP contribution in [0.5, 0.6) is 0 Å². The van der Waals surface area contributed by atoms with Gasteiger partial charge in [-0.3, -0.25) is 0 Å². The molecule has 0 saturated heterocycles. The molecule has 0 spiro atoms. The lowest BCUT2D eigenvalue weighted by atomic mass is 10.6. The van der Waals surface area contributed by atoms with Crippen molar-refractivity contribution < 1.29 is 44.6 Å². The third-order valence-corrected chi connectivity index (χ3v) is 0.806. The summed E-state index contributed by atoms with van der Waals surface area (Å²) in [6, 6.07) is 0. The van der Waals surface area contributed by atoms with Gasteiger partial charge in [-0.15, -0.1) is 13.2 Å². The van der Waals surface area contributed by atoms with Crippen LogP contribution in [0.2, 0.25) is 0 Å². The maximum Gasteiger partial charge on any atom is 0.525 e. The average Bonchev–Trinajstić information content (AvgIpc) is 1.97. The van der Waals surface area contributed by atoms with Crippen molar-refractivity contribution in [1.82, 2.24) is 0 Å². The predicted molar refractivity (Wildman–Crippen MR) is 28.4 cm³/mol. The van der Waals surface area contributed by atoms with Crippen LogP contribution >= 0.6 is 0 Å². The largest absolute Gasteiger partial charge is 0.525 e. The second-order valence-electron chi connectivity index (χ2n) is 1.97. The molecule has 1 atom stereocenters. The molecule has 15 heavy (non-hydrogen) atoms. The Kier molecular flexibility index (Phi) is 4.31. The first kappa shape index (κ1) is 13.9. The summed E-state index contributed by atoms with van der Waals surface area (Å²) in [5, 5.41) is 0. The number of ether oxygens (including phenoxy) is 2. The van der Waals surface area contributed by atoms with Crippen LogP contribution in [0.1, 0.15) is 0 Å². The minimum atomic E-state index is -5.68. The fourth-order valence-electron chi connectivity index (χ4n) is 0.363. The summed E-state index contributed by atoms with van der Waals surface area (Å²) in [7, 11) is 0. The highest BCUT2D eigenvalue weighted by atomic mass is 19.4. The van der Waals surface area contributed by atoms with E-state index in [1.165, 1.54) is 0 Å². The highest BCUT2D eigenvalue weighted by Gasteiger charge is 2.50. The molecule has 0 aromatic rings. The Morgan fingerprint density at radius 1 is 1.07 bits per heavy atom. The van der Waals surface area contributed by atoms with E-state index in [0.717, 1.165) is 0 Å². The van der Waals surface area contributed by atoms with E-state index in [0.29, 0.717) is 0 Å². The van der Waals surface area contributed by atoms with Crippen LogP contribution in [0.4, 0.5) is 35.1 Å². The molecule has 0 saturated carbocycles. The van der Waals surface area contributed by atoms with Gasteiger partial charge in [0.25, 0.3) is 0 Å². The molecule has 0 bridgehead atoms. The monoisotopic (exact) mass is 246 g/mol. The standard InChI is InChI=1S/C5H2F8O2/c6-2(7)1-14-4(9,10)3(8)15-5(11,12)13/h1,3H. The molecule has 0 aliphatic heterocycles. The molecule has 90 valence electrons. The quantitative estimate of drug-likeness (QED) is 0.560. The molecule has 0 aromatic heterocycles. The van der Waals surface area contributed by atoms with Gasteiger partial charge in [-0.1, -0.05) is 0 Å². The number of halogens is 8. The van der Waals surface area contributed by atoms with Gasteiger partial charge in [-0.05, 0) is 0 Å². The Labute approximate surface area is 77.1 Å². The highest BCUT2D eigenvalue weighted by molar-refractivity contribution is 4.73. The zero-order valence-electron chi connectivity index (χ0n) is 6.49.